The van der Waals surface area contributed by atoms with E-state index in [-0.39, 0.29) is 16.7 Å². The van der Waals surface area contributed by atoms with Gasteiger partial charge in [-0.15, -0.1) is 0 Å². The van der Waals surface area contributed by atoms with Crippen molar-refractivity contribution in [1.29, 1.82) is 0 Å². The molecule has 1 aromatic carbocycles. The quantitative estimate of drug-likeness (QED) is 0.507. The number of nitrogens with two attached hydrogens (primary N) is 1. The van der Waals surface area contributed by atoms with E-state index in [9.17, 15) is 18.0 Å². The third-order valence-corrected chi connectivity index (χ3v) is 5.95. The lowest BCUT2D eigenvalue weighted by Crippen LogP contribution is -2.29. The third kappa shape index (κ3) is 6.07. The van der Waals surface area contributed by atoms with E-state index >= 15 is 0 Å². The molecule has 0 atom stereocenters. The summed E-state index contributed by atoms with van der Waals surface area (Å²) in [7, 11) is -3.73. The molecule has 0 radical (unpaired) electrons. The van der Waals surface area contributed by atoms with Gasteiger partial charge in [-0.25, -0.2) is 13.6 Å². The summed E-state index contributed by atoms with van der Waals surface area (Å²) in [5.74, 6) is 0.327. The Kier molecular flexibility index (Phi) is 6.94. The van der Waals surface area contributed by atoms with Gasteiger partial charge in [0.15, 0.2) is 0 Å². The highest BCUT2D eigenvalue weighted by atomic mass is 32.2. The minimum atomic E-state index is -3.73. The highest BCUT2D eigenvalue weighted by molar-refractivity contribution is 8.23. The fourth-order valence-corrected chi connectivity index (χ4v) is 3.92. The molecule has 2 rings (SSSR count). The summed E-state index contributed by atoms with van der Waals surface area (Å²) in [4.78, 5) is 25.0. The van der Waals surface area contributed by atoms with Crippen LogP contribution in [0.1, 0.15) is 25.7 Å². The van der Waals surface area contributed by atoms with E-state index in [1.807, 2.05) is 0 Å². The molecule has 1 saturated heterocycles. The van der Waals surface area contributed by atoms with Crippen LogP contribution in [0.3, 0.4) is 0 Å². The maximum absolute atomic E-state index is 11.9. The molecule has 1 aliphatic heterocycles. The Labute approximate surface area is 156 Å². The Morgan fingerprint density at radius 1 is 1.24 bits per heavy atom. The smallest absolute Gasteiger partial charge is 0.238 e. The van der Waals surface area contributed by atoms with Crippen LogP contribution < -0.4 is 10.5 Å². The van der Waals surface area contributed by atoms with Crippen LogP contribution in [0.4, 0.5) is 5.69 Å². The molecule has 1 aliphatic rings. The fraction of sp³-hybridized carbons (Fsp3) is 0.400. The van der Waals surface area contributed by atoms with E-state index in [2.05, 4.69) is 5.32 Å². The van der Waals surface area contributed by atoms with Crippen LogP contribution in [-0.2, 0) is 19.6 Å². The molecule has 10 heteroatoms. The maximum Gasteiger partial charge on any atom is 0.238 e. The Hall–Kier alpha value is -1.49. The largest absolute Gasteiger partial charge is 0.326 e. The highest BCUT2D eigenvalue weighted by Gasteiger charge is 2.25. The van der Waals surface area contributed by atoms with E-state index in [0.717, 1.165) is 12.8 Å². The average Bonchev–Trinajstić information content (AvgIpc) is 2.86. The number of amides is 2. The maximum atomic E-state index is 11.9. The molecular weight excluding hydrogens is 382 g/mol. The molecule has 136 valence electrons. The van der Waals surface area contributed by atoms with Crippen LogP contribution in [0.15, 0.2) is 29.2 Å². The summed E-state index contributed by atoms with van der Waals surface area (Å²) in [5.41, 5.74) is 0.516. The van der Waals surface area contributed by atoms with Crippen molar-refractivity contribution in [2.75, 3.05) is 17.6 Å². The molecule has 0 saturated carbocycles. The van der Waals surface area contributed by atoms with Gasteiger partial charge in [0, 0.05) is 18.7 Å². The topological polar surface area (TPSA) is 110 Å². The number of carbonyl (C=O) groups is 2. The van der Waals surface area contributed by atoms with Crippen molar-refractivity contribution in [2.45, 2.75) is 30.6 Å². The van der Waals surface area contributed by atoms with E-state index in [1.54, 1.807) is 4.90 Å². The molecule has 0 bridgehead atoms. The van der Waals surface area contributed by atoms with Gasteiger partial charge < -0.3 is 5.32 Å². The minimum absolute atomic E-state index is 0.00182. The van der Waals surface area contributed by atoms with Gasteiger partial charge in [-0.3, -0.25) is 14.5 Å². The van der Waals surface area contributed by atoms with Crippen molar-refractivity contribution >= 4 is 55.8 Å². The SMILES string of the molecule is NS(=O)(=O)c1ccc(NC(=O)CCCCCN2C(=O)CSC2=S)cc1. The number of carbonyl (C=O) groups excluding carboxylic acids is 2. The number of thioether (sulfide) groups is 1. The predicted octanol–water partition coefficient (Wildman–Crippen LogP) is 1.69. The number of hydrogen-bond donors (Lipinski definition) is 2. The number of hydrogen-bond acceptors (Lipinski definition) is 6. The minimum Gasteiger partial charge on any atom is -0.326 e. The van der Waals surface area contributed by atoms with E-state index in [0.29, 0.717) is 35.1 Å². The van der Waals surface area contributed by atoms with Crippen molar-refractivity contribution in [3.8, 4) is 0 Å². The van der Waals surface area contributed by atoms with E-state index < -0.39 is 10.0 Å². The molecule has 25 heavy (non-hydrogen) atoms. The molecule has 0 aliphatic carbocycles. The second kappa shape index (κ2) is 8.75. The number of thiocarbonyl (C=S) groups is 1. The third-order valence-electron chi connectivity index (χ3n) is 3.59. The van der Waals surface area contributed by atoms with Crippen molar-refractivity contribution in [3.05, 3.63) is 24.3 Å². The molecule has 1 heterocycles. The molecule has 0 aromatic heterocycles. The van der Waals surface area contributed by atoms with Gasteiger partial charge in [0.1, 0.15) is 4.32 Å². The number of unbranched alkanes of at least 4 members (excludes halogenated alkanes) is 2. The second-order valence-corrected chi connectivity index (χ2v) is 8.70. The number of primary sulfonamides is 1. The van der Waals surface area contributed by atoms with E-state index in [1.165, 1.54) is 36.0 Å². The first-order valence-corrected chi connectivity index (χ1v) is 10.6. The monoisotopic (exact) mass is 401 g/mol. The lowest BCUT2D eigenvalue weighted by atomic mass is 10.2. The summed E-state index contributed by atoms with van der Waals surface area (Å²) < 4.78 is 23.0. The lowest BCUT2D eigenvalue weighted by Gasteiger charge is -2.14. The molecule has 3 N–H and O–H groups in total. The first-order chi connectivity index (χ1) is 11.8. The molecule has 7 nitrogen and oxygen atoms in total. The van der Waals surface area contributed by atoms with Gasteiger partial charge >= 0.3 is 0 Å². The van der Waals surface area contributed by atoms with Gasteiger partial charge in [0.05, 0.1) is 10.6 Å². The summed E-state index contributed by atoms with van der Waals surface area (Å²) in [6.45, 7) is 0.599. The highest BCUT2D eigenvalue weighted by Crippen LogP contribution is 2.20. The van der Waals surface area contributed by atoms with Crippen LogP contribution in [0, 0.1) is 0 Å². The average molecular weight is 402 g/mol. The van der Waals surface area contributed by atoms with Crippen molar-refractivity contribution in [2.24, 2.45) is 5.14 Å². The predicted molar refractivity (Wildman–Crippen MR) is 102 cm³/mol. The summed E-state index contributed by atoms with van der Waals surface area (Å²) >= 11 is 6.48. The zero-order chi connectivity index (χ0) is 18.4. The fourth-order valence-electron chi connectivity index (χ4n) is 2.28. The van der Waals surface area contributed by atoms with Gasteiger partial charge in [0.25, 0.3) is 0 Å². The van der Waals surface area contributed by atoms with Crippen molar-refractivity contribution in [1.82, 2.24) is 4.90 Å². The number of benzene rings is 1. The zero-order valence-corrected chi connectivity index (χ0v) is 15.9. The van der Waals surface area contributed by atoms with Crippen LogP contribution >= 0.6 is 24.0 Å². The van der Waals surface area contributed by atoms with E-state index in [4.69, 9.17) is 17.4 Å². The molecular formula is C15H19N3O4S3. The zero-order valence-electron chi connectivity index (χ0n) is 13.4. The number of nitrogens with zero attached hydrogens (tertiary/aromatic N) is 1. The Balaban J connectivity index is 1.67. The lowest BCUT2D eigenvalue weighted by molar-refractivity contribution is -0.124. The molecule has 0 unspecified atom stereocenters. The van der Waals surface area contributed by atoms with Gasteiger partial charge in [-0.05, 0) is 37.1 Å². The summed E-state index contributed by atoms with van der Waals surface area (Å²) in [6.07, 6.45) is 2.66. The number of nitrogens with one attached hydrogen (secondary N) is 1. The number of rotatable bonds is 8. The van der Waals surface area contributed by atoms with Crippen LogP contribution in [0.25, 0.3) is 0 Å². The van der Waals surface area contributed by atoms with Crippen molar-refractivity contribution < 1.29 is 18.0 Å². The van der Waals surface area contributed by atoms with Gasteiger partial charge in [-0.1, -0.05) is 30.4 Å². The molecule has 2 amide bonds. The molecule has 0 spiro atoms. The van der Waals surface area contributed by atoms with Crippen LogP contribution in [0.5, 0.6) is 0 Å². The first kappa shape index (κ1) is 19.8. The van der Waals surface area contributed by atoms with Crippen LogP contribution in [-0.4, -0.2) is 41.8 Å². The number of anilines is 1. The van der Waals surface area contributed by atoms with Gasteiger partial charge in [-0.2, -0.15) is 0 Å². The second-order valence-electron chi connectivity index (χ2n) is 5.53. The Bertz CT molecular complexity index is 747. The Morgan fingerprint density at radius 2 is 1.92 bits per heavy atom. The Morgan fingerprint density at radius 3 is 2.48 bits per heavy atom. The first-order valence-electron chi connectivity index (χ1n) is 7.67. The summed E-state index contributed by atoms with van der Waals surface area (Å²) in [5, 5.41) is 7.72. The van der Waals surface area contributed by atoms with Gasteiger partial charge in [0.2, 0.25) is 21.8 Å². The standard InChI is InChI=1S/C15H19N3O4S3/c16-25(21,22)12-7-5-11(6-8-12)17-13(19)4-2-1-3-9-18-14(20)10-24-15(18)23/h5-8H,1-4,9-10H2,(H,17,19)(H2,16,21,22). The molecule has 1 aromatic rings. The van der Waals surface area contributed by atoms with Crippen molar-refractivity contribution in [3.63, 3.8) is 0 Å². The normalized spacial score (nSPS) is 14.8. The summed E-state index contributed by atoms with van der Waals surface area (Å²) in [6, 6.07) is 5.68. The molecule has 1 fully saturated rings. The van der Waals surface area contributed by atoms with Crippen LogP contribution in [0.2, 0.25) is 0 Å². The number of sulfonamides is 1.